The molecule has 4 saturated carbocycles. The van der Waals surface area contributed by atoms with Crippen LogP contribution in [0, 0.1) is 37.0 Å². The van der Waals surface area contributed by atoms with Gasteiger partial charge in [0.15, 0.2) is 0 Å². The molecule has 1 aromatic carbocycles. The number of carbonyl (C=O) groups excluding carboxylic acids is 1. The molecule has 0 saturated heterocycles. The topological polar surface area (TPSA) is 56.0 Å². The molecule has 0 unspecified atom stereocenters. The number of thioether (sulfide) groups is 1. The van der Waals surface area contributed by atoms with Gasteiger partial charge in [0.05, 0.1) is 5.75 Å². The van der Waals surface area contributed by atoms with Crippen LogP contribution < -0.4 is 0 Å². The van der Waals surface area contributed by atoms with Gasteiger partial charge in [-0.3, -0.25) is 4.79 Å². The van der Waals surface area contributed by atoms with Gasteiger partial charge in [-0.25, -0.2) is 0 Å². The summed E-state index contributed by atoms with van der Waals surface area (Å²) in [5, 5.41) is 8.84. The number of nitrogens with zero attached hydrogens (tertiary/aromatic N) is 2. The van der Waals surface area contributed by atoms with Crippen molar-refractivity contribution in [3.63, 3.8) is 0 Å². The van der Waals surface area contributed by atoms with Gasteiger partial charge in [0.2, 0.25) is 5.89 Å². The molecule has 2 aromatic rings. The SMILES string of the molecule is Cc1ccc(-c2nnc(SCC(=O)C34CC5CC(CC(C5)C3)C4)o2)cc1C. The molecule has 4 fully saturated rings. The van der Waals surface area contributed by atoms with Crippen LogP contribution in [0.25, 0.3) is 11.5 Å². The predicted molar refractivity (Wildman–Crippen MR) is 106 cm³/mol. The van der Waals surface area contributed by atoms with Crippen LogP contribution in [0.15, 0.2) is 27.8 Å². The minimum atomic E-state index is -0.0430. The lowest BCUT2D eigenvalue weighted by Gasteiger charge is -2.55. The third-order valence-electron chi connectivity index (χ3n) is 7.12. The summed E-state index contributed by atoms with van der Waals surface area (Å²) < 4.78 is 5.82. The van der Waals surface area contributed by atoms with Gasteiger partial charge in [0.1, 0.15) is 5.78 Å². The Kier molecular flexibility index (Phi) is 4.19. The highest BCUT2D eigenvalue weighted by Crippen LogP contribution is 2.60. The number of hydrogen-bond acceptors (Lipinski definition) is 5. The van der Waals surface area contributed by atoms with Gasteiger partial charge in [0.25, 0.3) is 5.22 Å². The highest BCUT2D eigenvalue weighted by molar-refractivity contribution is 7.99. The van der Waals surface area contributed by atoms with E-state index < -0.39 is 0 Å². The zero-order valence-corrected chi connectivity index (χ0v) is 16.8. The summed E-state index contributed by atoms with van der Waals surface area (Å²) >= 11 is 1.41. The van der Waals surface area contributed by atoms with Gasteiger partial charge in [-0.1, -0.05) is 17.8 Å². The highest BCUT2D eigenvalue weighted by Gasteiger charge is 2.54. The normalized spacial score (nSPS) is 31.4. The van der Waals surface area contributed by atoms with Crippen molar-refractivity contribution in [2.75, 3.05) is 5.75 Å². The second-order valence-corrected chi connectivity index (χ2v) is 10.0. The summed E-state index contributed by atoms with van der Waals surface area (Å²) in [6, 6.07) is 6.14. The average Bonchev–Trinajstić information content (AvgIpc) is 3.10. The Balaban J connectivity index is 1.26. The van der Waals surface area contributed by atoms with Gasteiger partial charge < -0.3 is 4.42 Å². The van der Waals surface area contributed by atoms with E-state index >= 15 is 0 Å². The fraction of sp³-hybridized carbons (Fsp3) is 0.591. The van der Waals surface area contributed by atoms with Crippen LogP contribution in [0.1, 0.15) is 49.7 Å². The second kappa shape index (κ2) is 6.47. The van der Waals surface area contributed by atoms with Crippen LogP contribution >= 0.6 is 11.8 Å². The van der Waals surface area contributed by atoms with E-state index in [1.807, 2.05) is 6.07 Å². The maximum absolute atomic E-state index is 13.1. The minimum absolute atomic E-state index is 0.0430. The molecular formula is C22H26N2O2S. The zero-order chi connectivity index (χ0) is 18.6. The first-order chi connectivity index (χ1) is 13.0. The number of rotatable bonds is 5. The summed E-state index contributed by atoms with van der Waals surface area (Å²) in [7, 11) is 0. The molecule has 0 atom stereocenters. The van der Waals surface area contributed by atoms with E-state index in [0.717, 1.165) is 42.6 Å². The molecular weight excluding hydrogens is 356 g/mol. The van der Waals surface area contributed by atoms with Gasteiger partial charge in [-0.2, -0.15) is 0 Å². The Morgan fingerprint density at radius 3 is 2.37 bits per heavy atom. The molecule has 142 valence electrons. The third kappa shape index (κ3) is 3.14. The van der Waals surface area contributed by atoms with Crippen LogP contribution in [0.5, 0.6) is 0 Å². The quantitative estimate of drug-likeness (QED) is 0.663. The van der Waals surface area contributed by atoms with Crippen molar-refractivity contribution < 1.29 is 9.21 Å². The molecule has 4 aliphatic carbocycles. The molecule has 4 bridgehead atoms. The Hall–Kier alpha value is -1.62. The monoisotopic (exact) mass is 382 g/mol. The van der Waals surface area contributed by atoms with Gasteiger partial charge in [-0.15, -0.1) is 10.2 Å². The highest BCUT2D eigenvalue weighted by atomic mass is 32.2. The summed E-state index contributed by atoms with van der Waals surface area (Å²) in [5.41, 5.74) is 3.34. The summed E-state index contributed by atoms with van der Waals surface area (Å²) in [5.74, 6) is 3.79. The molecule has 0 spiro atoms. The van der Waals surface area contributed by atoms with Gasteiger partial charge >= 0.3 is 0 Å². The predicted octanol–water partition coefficient (Wildman–Crippen LogP) is 5.23. The third-order valence-corrected chi connectivity index (χ3v) is 7.94. The Labute approximate surface area is 164 Å². The Bertz CT molecular complexity index is 853. The molecule has 5 heteroatoms. The maximum atomic E-state index is 13.1. The molecule has 1 heterocycles. The van der Waals surface area contributed by atoms with E-state index in [-0.39, 0.29) is 5.41 Å². The molecule has 27 heavy (non-hydrogen) atoms. The number of hydrogen-bond donors (Lipinski definition) is 0. The van der Waals surface area contributed by atoms with E-state index in [4.69, 9.17) is 4.42 Å². The summed E-state index contributed by atoms with van der Waals surface area (Å²) in [6.07, 6.45) is 7.45. The van der Waals surface area contributed by atoms with Crippen molar-refractivity contribution in [2.45, 2.75) is 57.6 Å². The minimum Gasteiger partial charge on any atom is -0.411 e. The van der Waals surface area contributed by atoms with Crippen LogP contribution in [0.4, 0.5) is 0 Å². The maximum Gasteiger partial charge on any atom is 0.277 e. The lowest BCUT2D eigenvalue weighted by molar-refractivity contribution is -0.141. The van der Waals surface area contributed by atoms with Crippen molar-refractivity contribution >= 4 is 17.5 Å². The molecule has 0 aliphatic heterocycles. The van der Waals surface area contributed by atoms with Crippen LogP contribution in [0.3, 0.4) is 0 Å². The number of carbonyl (C=O) groups is 1. The van der Waals surface area contributed by atoms with E-state index in [1.54, 1.807) is 0 Å². The van der Waals surface area contributed by atoms with Crippen molar-refractivity contribution in [2.24, 2.45) is 23.2 Å². The Morgan fingerprint density at radius 2 is 1.74 bits per heavy atom. The van der Waals surface area contributed by atoms with Crippen molar-refractivity contribution in [1.29, 1.82) is 0 Å². The first-order valence-corrected chi connectivity index (χ1v) is 11.1. The number of Topliss-reactive ketones (excluding diaryl/α,β-unsaturated/α-hetero) is 1. The lowest BCUT2D eigenvalue weighted by Crippen LogP contribution is -2.50. The summed E-state index contributed by atoms with van der Waals surface area (Å²) in [4.78, 5) is 13.1. The molecule has 4 nitrogen and oxygen atoms in total. The molecule has 1 aromatic heterocycles. The fourth-order valence-corrected chi connectivity index (χ4v) is 6.79. The molecule has 6 rings (SSSR count). The van der Waals surface area contributed by atoms with Crippen molar-refractivity contribution in [1.82, 2.24) is 10.2 Å². The first-order valence-electron chi connectivity index (χ1n) is 10.1. The van der Waals surface area contributed by atoms with E-state index in [1.165, 1.54) is 42.2 Å². The van der Waals surface area contributed by atoms with E-state index in [0.29, 0.717) is 22.6 Å². The largest absolute Gasteiger partial charge is 0.411 e. The van der Waals surface area contributed by atoms with Crippen LogP contribution in [-0.4, -0.2) is 21.7 Å². The first kappa shape index (κ1) is 17.5. The molecule has 0 N–H and O–H groups in total. The molecule has 0 radical (unpaired) electrons. The number of aromatic nitrogens is 2. The van der Waals surface area contributed by atoms with Gasteiger partial charge in [0, 0.05) is 11.0 Å². The van der Waals surface area contributed by atoms with Gasteiger partial charge in [-0.05, 0) is 93.4 Å². The average molecular weight is 383 g/mol. The number of ketones is 1. The second-order valence-electron chi connectivity index (χ2n) is 9.08. The standard InChI is InChI=1S/C22H26N2O2S/c1-13-3-4-18(5-14(13)2)20-23-24-21(26-20)27-12-19(25)22-9-15-6-16(10-22)8-17(7-15)11-22/h3-5,15-17H,6-12H2,1-2H3. The van der Waals surface area contributed by atoms with Crippen LogP contribution in [-0.2, 0) is 4.79 Å². The van der Waals surface area contributed by atoms with E-state index in [2.05, 4.69) is 36.2 Å². The van der Waals surface area contributed by atoms with Crippen molar-refractivity contribution in [3.05, 3.63) is 29.3 Å². The molecule has 4 aliphatic rings. The fourth-order valence-electron chi connectivity index (χ4n) is 5.99. The van der Waals surface area contributed by atoms with Crippen molar-refractivity contribution in [3.8, 4) is 11.5 Å². The number of benzene rings is 1. The van der Waals surface area contributed by atoms with Crippen LogP contribution in [0.2, 0.25) is 0 Å². The van der Waals surface area contributed by atoms with E-state index in [9.17, 15) is 4.79 Å². The zero-order valence-electron chi connectivity index (χ0n) is 16.0. The summed E-state index contributed by atoms with van der Waals surface area (Å²) in [6.45, 7) is 4.17. The number of aryl methyl sites for hydroxylation is 2. The smallest absolute Gasteiger partial charge is 0.277 e. The Morgan fingerprint density at radius 1 is 1.07 bits per heavy atom. The molecule has 0 amide bonds. The lowest BCUT2D eigenvalue weighted by atomic mass is 9.48.